The minimum absolute atomic E-state index is 0.0937. The Morgan fingerprint density at radius 2 is 1.67 bits per heavy atom. The summed E-state index contributed by atoms with van der Waals surface area (Å²) in [5, 5.41) is 19.7. The molecule has 0 amide bonds. The van der Waals surface area contributed by atoms with Crippen molar-refractivity contribution in [3.8, 4) is 22.8 Å². The Balaban J connectivity index is 2.69. The lowest BCUT2D eigenvalue weighted by Crippen LogP contribution is -1.88. The van der Waals surface area contributed by atoms with Crippen LogP contribution in [0.25, 0.3) is 11.1 Å². The highest BCUT2D eigenvalue weighted by molar-refractivity contribution is 5.77. The second kappa shape index (κ2) is 3.35. The van der Waals surface area contributed by atoms with E-state index in [9.17, 15) is 10.2 Å². The zero-order chi connectivity index (χ0) is 11.0. The van der Waals surface area contributed by atoms with Crippen molar-refractivity contribution in [2.75, 3.05) is 0 Å². The number of aromatic nitrogens is 1. The first-order valence-electron chi connectivity index (χ1n) is 4.75. The Morgan fingerprint density at radius 1 is 1.07 bits per heavy atom. The monoisotopic (exact) mass is 203 g/mol. The van der Waals surface area contributed by atoms with Crippen LogP contribution in [-0.4, -0.2) is 14.8 Å². The first kappa shape index (κ1) is 9.65. The van der Waals surface area contributed by atoms with E-state index in [1.165, 1.54) is 0 Å². The fourth-order valence-corrected chi connectivity index (χ4v) is 1.64. The Morgan fingerprint density at radius 3 is 2.13 bits per heavy atom. The average molecular weight is 203 g/mol. The molecule has 2 aromatic rings. The van der Waals surface area contributed by atoms with Crippen LogP contribution in [0.4, 0.5) is 0 Å². The number of benzene rings is 1. The van der Waals surface area contributed by atoms with Gasteiger partial charge in [-0.15, -0.1) is 0 Å². The molecule has 2 N–H and O–H groups in total. The quantitative estimate of drug-likeness (QED) is 0.747. The van der Waals surface area contributed by atoms with Gasteiger partial charge in [-0.3, -0.25) is 0 Å². The zero-order valence-electron chi connectivity index (χ0n) is 8.73. The van der Waals surface area contributed by atoms with E-state index in [2.05, 4.69) is 0 Å². The van der Waals surface area contributed by atoms with Crippen LogP contribution in [0.3, 0.4) is 0 Å². The van der Waals surface area contributed by atoms with Gasteiger partial charge < -0.3 is 14.8 Å². The summed E-state index contributed by atoms with van der Waals surface area (Å²) in [5.74, 6) is 0.234. The third kappa shape index (κ3) is 1.36. The predicted octanol–water partition coefficient (Wildman–Crippen LogP) is 2.41. The van der Waals surface area contributed by atoms with Crippen molar-refractivity contribution in [1.82, 2.24) is 4.57 Å². The van der Waals surface area contributed by atoms with Crippen LogP contribution in [0.15, 0.2) is 30.3 Å². The zero-order valence-corrected chi connectivity index (χ0v) is 8.73. The topological polar surface area (TPSA) is 45.4 Å². The molecule has 78 valence electrons. The van der Waals surface area contributed by atoms with Gasteiger partial charge in [0.15, 0.2) is 0 Å². The molecular formula is C12H13NO2. The van der Waals surface area contributed by atoms with Crippen LogP contribution in [0, 0.1) is 6.92 Å². The third-order valence-electron chi connectivity index (χ3n) is 2.69. The van der Waals surface area contributed by atoms with Crippen LogP contribution in [-0.2, 0) is 7.05 Å². The molecule has 1 aromatic heterocycles. The number of hydrogen-bond donors (Lipinski definition) is 2. The van der Waals surface area contributed by atoms with E-state index in [0.29, 0.717) is 11.3 Å². The lowest BCUT2D eigenvalue weighted by Gasteiger charge is -2.00. The maximum absolute atomic E-state index is 9.87. The molecule has 0 spiro atoms. The fraction of sp³-hybridized carbons (Fsp3) is 0.167. The Labute approximate surface area is 88.2 Å². The molecule has 0 aliphatic rings. The van der Waals surface area contributed by atoms with Crippen molar-refractivity contribution in [2.24, 2.45) is 7.05 Å². The van der Waals surface area contributed by atoms with Crippen molar-refractivity contribution in [3.05, 3.63) is 36.0 Å². The first-order chi connectivity index (χ1) is 7.13. The van der Waals surface area contributed by atoms with Gasteiger partial charge in [0.25, 0.3) is 0 Å². The highest BCUT2D eigenvalue weighted by Gasteiger charge is 2.18. The van der Waals surface area contributed by atoms with Crippen LogP contribution < -0.4 is 0 Å². The summed E-state index contributed by atoms with van der Waals surface area (Å²) in [4.78, 5) is 0. The van der Waals surface area contributed by atoms with Crippen LogP contribution in [0.5, 0.6) is 11.6 Å². The van der Waals surface area contributed by atoms with Gasteiger partial charge in [-0.1, -0.05) is 30.3 Å². The van der Waals surface area contributed by atoms with E-state index in [1.807, 2.05) is 30.3 Å². The van der Waals surface area contributed by atoms with Crippen molar-refractivity contribution >= 4 is 0 Å². The van der Waals surface area contributed by atoms with Crippen LogP contribution >= 0.6 is 0 Å². The lowest BCUT2D eigenvalue weighted by molar-refractivity contribution is 0.432. The Kier molecular flexibility index (Phi) is 2.15. The van der Waals surface area contributed by atoms with E-state index in [4.69, 9.17) is 0 Å². The molecule has 0 unspecified atom stereocenters. The first-order valence-corrected chi connectivity index (χ1v) is 4.75. The summed E-state index contributed by atoms with van der Waals surface area (Å²) in [7, 11) is 1.72. The average Bonchev–Trinajstić information content (AvgIpc) is 2.45. The summed E-state index contributed by atoms with van der Waals surface area (Å²) in [5.41, 5.74) is 1.97. The van der Waals surface area contributed by atoms with E-state index < -0.39 is 0 Å². The van der Waals surface area contributed by atoms with E-state index in [-0.39, 0.29) is 11.6 Å². The van der Waals surface area contributed by atoms with E-state index in [1.54, 1.807) is 18.5 Å². The molecule has 0 bridgehead atoms. The summed E-state index contributed by atoms with van der Waals surface area (Å²) in [6, 6.07) is 9.35. The minimum Gasteiger partial charge on any atom is -0.505 e. The molecule has 0 saturated heterocycles. The lowest BCUT2D eigenvalue weighted by atomic mass is 10.1. The Hall–Kier alpha value is -1.90. The Bertz CT molecular complexity index is 461. The van der Waals surface area contributed by atoms with Crippen LogP contribution in [0.2, 0.25) is 0 Å². The molecule has 2 rings (SSSR count). The number of hydrogen-bond acceptors (Lipinski definition) is 2. The van der Waals surface area contributed by atoms with Gasteiger partial charge in [-0.25, -0.2) is 0 Å². The van der Waals surface area contributed by atoms with Crippen molar-refractivity contribution < 1.29 is 10.2 Å². The maximum Gasteiger partial charge on any atom is 0.202 e. The fourth-order valence-electron chi connectivity index (χ4n) is 1.64. The normalized spacial score (nSPS) is 10.5. The number of nitrogens with zero attached hydrogens (tertiary/aromatic N) is 1. The third-order valence-corrected chi connectivity index (χ3v) is 2.69. The molecule has 0 aliphatic carbocycles. The number of aromatic hydroxyl groups is 2. The molecule has 15 heavy (non-hydrogen) atoms. The molecule has 1 heterocycles. The predicted molar refractivity (Wildman–Crippen MR) is 58.9 cm³/mol. The summed E-state index contributed by atoms with van der Waals surface area (Å²) >= 11 is 0. The van der Waals surface area contributed by atoms with Crippen molar-refractivity contribution in [3.63, 3.8) is 0 Å². The van der Waals surface area contributed by atoms with Gasteiger partial charge in [-0.2, -0.15) is 0 Å². The minimum atomic E-state index is 0.0937. The largest absolute Gasteiger partial charge is 0.505 e. The maximum atomic E-state index is 9.87. The highest BCUT2D eigenvalue weighted by Crippen LogP contribution is 2.41. The highest BCUT2D eigenvalue weighted by atomic mass is 16.3. The second-order valence-electron chi connectivity index (χ2n) is 3.56. The van der Waals surface area contributed by atoms with Gasteiger partial charge in [0.05, 0.1) is 11.3 Å². The second-order valence-corrected chi connectivity index (χ2v) is 3.56. The van der Waals surface area contributed by atoms with E-state index in [0.717, 1.165) is 5.56 Å². The SMILES string of the molecule is Cc1c(O)c(-c2ccccc2)c(O)n1C. The smallest absolute Gasteiger partial charge is 0.202 e. The molecule has 1 aromatic carbocycles. The molecule has 0 atom stereocenters. The summed E-state index contributed by atoms with van der Waals surface area (Å²) in [6.07, 6.45) is 0. The van der Waals surface area contributed by atoms with Gasteiger partial charge in [0.2, 0.25) is 5.88 Å². The standard InChI is InChI=1S/C12H13NO2/c1-8-11(14)10(12(15)13(8)2)9-6-4-3-5-7-9/h3-7,14-15H,1-2H3. The molecule has 0 radical (unpaired) electrons. The molecule has 3 nitrogen and oxygen atoms in total. The van der Waals surface area contributed by atoms with Crippen molar-refractivity contribution in [1.29, 1.82) is 0 Å². The molecule has 0 aliphatic heterocycles. The molecule has 3 heteroatoms. The summed E-state index contributed by atoms with van der Waals surface area (Å²) < 4.78 is 1.57. The molecule has 0 fully saturated rings. The molecule has 0 saturated carbocycles. The van der Waals surface area contributed by atoms with Gasteiger partial charge in [-0.05, 0) is 12.5 Å². The molecular weight excluding hydrogens is 190 g/mol. The van der Waals surface area contributed by atoms with Crippen molar-refractivity contribution in [2.45, 2.75) is 6.92 Å². The van der Waals surface area contributed by atoms with Gasteiger partial charge >= 0.3 is 0 Å². The van der Waals surface area contributed by atoms with Gasteiger partial charge in [0, 0.05) is 7.05 Å². The van der Waals surface area contributed by atoms with Gasteiger partial charge in [0.1, 0.15) is 5.75 Å². The summed E-state index contributed by atoms with van der Waals surface area (Å²) in [6.45, 7) is 1.77. The number of rotatable bonds is 1. The van der Waals surface area contributed by atoms with Crippen LogP contribution in [0.1, 0.15) is 5.69 Å². The van der Waals surface area contributed by atoms with E-state index >= 15 is 0 Å².